The second-order valence-corrected chi connectivity index (χ2v) is 6.49. The number of nitrogens with zero attached hydrogens (tertiary/aromatic N) is 1. The second kappa shape index (κ2) is 6.12. The minimum atomic E-state index is 0.730. The fraction of sp³-hybridized carbons (Fsp3) is 0.400. The number of hydrogen-bond acceptors (Lipinski definition) is 4. The predicted octanol–water partition coefficient (Wildman–Crippen LogP) is 3.41. The van der Waals surface area contributed by atoms with E-state index in [-0.39, 0.29) is 0 Å². The summed E-state index contributed by atoms with van der Waals surface area (Å²) in [6, 6.07) is 4.16. The number of hydrogen-bond donors (Lipinski definition) is 2. The highest BCUT2D eigenvalue weighted by atomic mass is 35.5. The minimum absolute atomic E-state index is 0.730. The largest absolute Gasteiger partial charge is 0.378 e. The van der Waals surface area contributed by atoms with E-state index in [1.165, 1.54) is 11.1 Å². The maximum atomic E-state index is 6.39. The van der Waals surface area contributed by atoms with Gasteiger partial charge in [0.05, 0.1) is 28.0 Å². The molecule has 1 aromatic heterocycles. The average molecular weight is 308 g/mol. The van der Waals surface area contributed by atoms with Gasteiger partial charge in [0.25, 0.3) is 0 Å². The zero-order valence-corrected chi connectivity index (χ0v) is 13.1. The van der Waals surface area contributed by atoms with Crippen LogP contribution < -0.4 is 10.6 Å². The van der Waals surface area contributed by atoms with Gasteiger partial charge in [0.1, 0.15) is 0 Å². The van der Waals surface area contributed by atoms with Crippen molar-refractivity contribution in [2.45, 2.75) is 26.3 Å². The quantitative estimate of drug-likeness (QED) is 0.912. The standard InChI is InChI=1S/C15H18ClN3S/c1-10-19-12(9-20-10)8-18-15-13-5-7-17-6-4-11(13)2-3-14(15)16/h2-3,9,17-18H,4-8H2,1H3. The zero-order chi connectivity index (χ0) is 13.9. The lowest BCUT2D eigenvalue weighted by molar-refractivity contribution is 0.711. The Bertz CT molecular complexity index is 609. The number of rotatable bonds is 3. The summed E-state index contributed by atoms with van der Waals surface area (Å²) in [5, 5.41) is 10.9. The van der Waals surface area contributed by atoms with Gasteiger partial charge >= 0.3 is 0 Å². The molecule has 3 nitrogen and oxygen atoms in total. The van der Waals surface area contributed by atoms with Crippen LogP contribution in [-0.2, 0) is 19.4 Å². The van der Waals surface area contributed by atoms with Crippen molar-refractivity contribution < 1.29 is 0 Å². The Kier molecular flexibility index (Phi) is 4.24. The molecule has 0 bridgehead atoms. The summed E-state index contributed by atoms with van der Waals surface area (Å²) in [6.07, 6.45) is 2.09. The minimum Gasteiger partial charge on any atom is -0.378 e. The number of aryl methyl sites for hydroxylation is 1. The molecule has 0 spiro atoms. The molecule has 0 amide bonds. The van der Waals surface area contributed by atoms with Gasteiger partial charge in [0.15, 0.2) is 0 Å². The predicted molar refractivity (Wildman–Crippen MR) is 85.9 cm³/mol. The highest BCUT2D eigenvalue weighted by Crippen LogP contribution is 2.31. The smallest absolute Gasteiger partial charge is 0.0898 e. The summed E-state index contributed by atoms with van der Waals surface area (Å²) in [7, 11) is 0. The van der Waals surface area contributed by atoms with E-state index in [1.54, 1.807) is 11.3 Å². The molecule has 5 heteroatoms. The van der Waals surface area contributed by atoms with E-state index >= 15 is 0 Å². The molecule has 2 N–H and O–H groups in total. The maximum absolute atomic E-state index is 6.39. The van der Waals surface area contributed by atoms with Gasteiger partial charge in [-0.1, -0.05) is 17.7 Å². The van der Waals surface area contributed by atoms with E-state index < -0.39 is 0 Å². The van der Waals surface area contributed by atoms with Gasteiger partial charge in [0.2, 0.25) is 0 Å². The van der Waals surface area contributed by atoms with Crippen LogP contribution >= 0.6 is 22.9 Å². The fourth-order valence-corrected chi connectivity index (χ4v) is 3.46. The zero-order valence-electron chi connectivity index (χ0n) is 11.5. The molecule has 1 aliphatic rings. The van der Waals surface area contributed by atoms with E-state index in [2.05, 4.69) is 27.1 Å². The van der Waals surface area contributed by atoms with Gasteiger partial charge in [-0.25, -0.2) is 4.98 Å². The lowest BCUT2D eigenvalue weighted by Gasteiger charge is -2.15. The maximum Gasteiger partial charge on any atom is 0.0898 e. The van der Waals surface area contributed by atoms with Crippen molar-refractivity contribution in [3.05, 3.63) is 44.4 Å². The molecular weight excluding hydrogens is 290 g/mol. The van der Waals surface area contributed by atoms with Crippen LogP contribution in [0.2, 0.25) is 5.02 Å². The topological polar surface area (TPSA) is 37.0 Å². The number of fused-ring (bicyclic) bond motifs is 1. The Hall–Kier alpha value is -1.10. The van der Waals surface area contributed by atoms with Gasteiger partial charge < -0.3 is 10.6 Å². The lowest BCUT2D eigenvalue weighted by atomic mass is 10.0. The number of halogens is 1. The normalized spacial score (nSPS) is 14.7. The third-order valence-electron chi connectivity index (χ3n) is 3.59. The Morgan fingerprint density at radius 2 is 2.20 bits per heavy atom. The van der Waals surface area contributed by atoms with Crippen LogP contribution in [0.1, 0.15) is 21.8 Å². The summed E-state index contributed by atoms with van der Waals surface area (Å²) in [6.45, 7) is 4.81. The number of aromatic nitrogens is 1. The molecule has 2 aromatic rings. The Morgan fingerprint density at radius 3 is 3.00 bits per heavy atom. The van der Waals surface area contributed by atoms with E-state index in [0.717, 1.165) is 53.9 Å². The van der Waals surface area contributed by atoms with Crippen LogP contribution in [0.25, 0.3) is 0 Å². The van der Waals surface area contributed by atoms with Crippen molar-refractivity contribution >= 4 is 28.6 Å². The summed E-state index contributed by atoms with van der Waals surface area (Å²) >= 11 is 8.07. The van der Waals surface area contributed by atoms with E-state index in [9.17, 15) is 0 Å². The Labute approximate surface area is 128 Å². The molecule has 0 radical (unpaired) electrons. The number of anilines is 1. The fourth-order valence-electron chi connectivity index (χ4n) is 2.60. The third kappa shape index (κ3) is 2.97. The SMILES string of the molecule is Cc1nc(CNc2c(Cl)ccc3c2CCNCC3)cs1. The molecule has 0 fully saturated rings. The third-order valence-corrected chi connectivity index (χ3v) is 4.73. The van der Waals surface area contributed by atoms with Crippen LogP contribution in [0.5, 0.6) is 0 Å². The molecule has 3 rings (SSSR count). The first kappa shape index (κ1) is 13.9. The molecule has 0 aliphatic carbocycles. The van der Waals surface area contributed by atoms with Crippen molar-refractivity contribution in [2.75, 3.05) is 18.4 Å². The van der Waals surface area contributed by atoms with E-state index in [4.69, 9.17) is 11.6 Å². The van der Waals surface area contributed by atoms with Crippen LogP contribution in [0.4, 0.5) is 5.69 Å². The van der Waals surface area contributed by atoms with Gasteiger partial charge in [-0.2, -0.15) is 0 Å². The van der Waals surface area contributed by atoms with Gasteiger partial charge in [-0.05, 0) is 50.0 Å². The Morgan fingerprint density at radius 1 is 1.35 bits per heavy atom. The van der Waals surface area contributed by atoms with Crippen LogP contribution in [-0.4, -0.2) is 18.1 Å². The molecule has 0 saturated heterocycles. The Balaban J connectivity index is 1.84. The summed E-state index contributed by atoms with van der Waals surface area (Å²) in [5.74, 6) is 0. The highest BCUT2D eigenvalue weighted by molar-refractivity contribution is 7.09. The number of benzene rings is 1. The van der Waals surface area contributed by atoms with Gasteiger partial charge in [-0.3, -0.25) is 0 Å². The van der Waals surface area contributed by atoms with Crippen LogP contribution in [0, 0.1) is 6.92 Å². The number of thiazole rings is 1. The van der Waals surface area contributed by atoms with Crippen molar-refractivity contribution in [2.24, 2.45) is 0 Å². The van der Waals surface area contributed by atoms with Gasteiger partial charge in [-0.15, -0.1) is 11.3 Å². The first-order chi connectivity index (χ1) is 9.74. The molecule has 1 aliphatic heterocycles. The van der Waals surface area contributed by atoms with Crippen molar-refractivity contribution in [1.29, 1.82) is 0 Å². The first-order valence-electron chi connectivity index (χ1n) is 6.90. The second-order valence-electron chi connectivity index (χ2n) is 5.02. The van der Waals surface area contributed by atoms with Crippen molar-refractivity contribution in [3.8, 4) is 0 Å². The average Bonchev–Trinajstić information content (AvgIpc) is 2.71. The lowest BCUT2D eigenvalue weighted by Crippen LogP contribution is -2.16. The summed E-state index contributed by atoms with van der Waals surface area (Å²) < 4.78 is 0. The summed E-state index contributed by atoms with van der Waals surface area (Å²) in [4.78, 5) is 4.49. The van der Waals surface area contributed by atoms with E-state index in [0.29, 0.717) is 0 Å². The molecular formula is C15H18ClN3S. The molecule has 106 valence electrons. The molecule has 0 unspecified atom stereocenters. The molecule has 20 heavy (non-hydrogen) atoms. The molecule has 0 atom stereocenters. The van der Waals surface area contributed by atoms with Crippen molar-refractivity contribution in [3.63, 3.8) is 0 Å². The monoisotopic (exact) mass is 307 g/mol. The van der Waals surface area contributed by atoms with E-state index in [1.807, 2.05) is 13.0 Å². The first-order valence-corrected chi connectivity index (χ1v) is 8.15. The highest BCUT2D eigenvalue weighted by Gasteiger charge is 2.14. The molecule has 1 aromatic carbocycles. The molecule has 2 heterocycles. The van der Waals surface area contributed by atoms with Crippen LogP contribution in [0.15, 0.2) is 17.5 Å². The van der Waals surface area contributed by atoms with Crippen molar-refractivity contribution in [1.82, 2.24) is 10.3 Å². The number of nitrogens with one attached hydrogen (secondary N) is 2. The molecule has 0 saturated carbocycles. The van der Waals surface area contributed by atoms with Crippen LogP contribution in [0.3, 0.4) is 0 Å². The summed E-state index contributed by atoms with van der Waals surface area (Å²) in [5.41, 5.74) is 4.91. The van der Waals surface area contributed by atoms with Gasteiger partial charge in [0, 0.05) is 5.38 Å².